The van der Waals surface area contributed by atoms with Crippen LogP contribution in [0.2, 0.25) is 0 Å². The first-order valence-electron chi connectivity index (χ1n) is 8.24. The van der Waals surface area contributed by atoms with Crippen LogP contribution in [0.15, 0.2) is 23.8 Å². The van der Waals surface area contributed by atoms with E-state index in [0.29, 0.717) is 21.8 Å². The highest BCUT2D eigenvalue weighted by Gasteiger charge is 2.61. The van der Waals surface area contributed by atoms with Crippen LogP contribution in [-0.2, 0) is 9.59 Å². The molecule has 0 amide bonds. The minimum Gasteiger partial charge on any atom is -0.496 e. The Bertz CT molecular complexity index is 825. The van der Waals surface area contributed by atoms with Crippen LogP contribution in [0.5, 0.6) is 5.75 Å². The number of Topliss-reactive ketones (excluding diaryl/α,β-unsaturated/α-hetero) is 1. The lowest BCUT2D eigenvalue weighted by atomic mass is 9.80. The molecule has 3 aliphatic rings. The zero-order valence-electron chi connectivity index (χ0n) is 13.7. The van der Waals surface area contributed by atoms with E-state index in [1.54, 1.807) is 14.0 Å². The summed E-state index contributed by atoms with van der Waals surface area (Å²) in [7, 11) is 1.59. The predicted octanol–water partition coefficient (Wildman–Crippen LogP) is 3.00. The molecule has 0 spiro atoms. The maximum absolute atomic E-state index is 13.1. The molecule has 5 atom stereocenters. The fraction of sp³-hybridized carbons (Fsp3) is 0.450. The molecule has 24 heavy (non-hydrogen) atoms. The fourth-order valence-corrected chi connectivity index (χ4v) is 6.54. The van der Waals surface area contributed by atoms with Crippen molar-refractivity contribution in [1.82, 2.24) is 0 Å². The summed E-state index contributed by atoms with van der Waals surface area (Å²) in [6.07, 6.45) is 2.19. The van der Waals surface area contributed by atoms with E-state index in [9.17, 15) is 9.59 Å². The van der Waals surface area contributed by atoms with Gasteiger partial charge in [-0.2, -0.15) is 11.8 Å². The van der Waals surface area contributed by atoms with Crippen molar-refractivity contribution in [2.24, 2.45) is 11.8 Å². The van der Waals surface area contributed by atoms with Crippen LogP contribution in [0.25, 0.3) is 0 Å². The molecule has 0 radical (unpaired) electrons. The van der Waals surface area contributed by atoms with Gasteiger partial charge in [-0.25, -0.2) is 4.79 Å². The molecule has 1 aromatic rings. The summed E-state index contributed by atoms with van der Waals surface area (Å²) in [4.78, 5) is 24.9. The lowest BCUT2D eigenvalue weighted by molar-refractivity contribution is -0.122. The first-order chi connectivity index (χ1) is 11.7. The molecule has 2 aliphatic heterocycles. The molecule has 0 N–H and O–H groups in total. The van der Waals surface area contributed by atoms with Gasteiger partial charge in [0.1, 0.15) is 17.5 Å². The van der Waals surface area contributed by atoms with Crippen molar-refractivity contribution in [3.05, 3.63) is 34.9 Å². The van der Waals surface area contributed by atoms with Crippen LogP contribution < -0.4 is 4.74 Å². The maximum Gasteiger partial charge on any atom is 0.150 e. The number of hydrogen-bond donors (Lipinski definition) is 0. The number of carbonyl (C=O) groups is 1. The van der Waals surface area contributed by atoms with Gasteiger partial charge in [0.15, 0.2) is 0 Å². The highest BCUT2D eigenvalue weighted by atomic mass is 32.2. The average Bonchev–Trinajstić information content (AvgIpc) is 3.27. The van der Waals surface area contributed by atoms with Crippen LogP contribution in [0.3, 0.4) is 0 Å². The van der Waals surface area contributed by atoms with Crippen molar-refractivity contribution in [2.45, 2.75) is 36.2 Å². The number of methoxy groups -OCH3 is 1. The second kappa shape index (κ2) is 5.84. The van der Waals surface area contributed by atoms with Gasteiger partial charge in [-0.15, -0.1) is 5.92 Å². The van der Waals surface area contributed by atoms with Crippen LogP contribution >= 0.6 is 11.8 Å². The van der Waals surface area contributed by atoms with Crippen LogP contribution in [0.1, 0.15) is 36.8 Å². The van der Waals surface area contributed by atoms with Gasteiger partial charge in [0, 0.05) is 39.0 Å². The lowest BCUT2D eigenvalue weighted by Gasteiger charge is -2.20. The molecule has 1 aliphatic carbocycles. The van der Waals surface area contributed by atoms with Crippen LogP contribution in [0.4, 0.5) is 0 Å². The number of carbonyl (C=O) groups excluding carboxylic acids is 2. The van der Waals surface area contributed by atoms with Crippen molar-refractivity contribution >= 4 is 23.5 Å². The molecule has 2 saturated heterocycles. The monoisotopic (exact) mass is 338 g/mol. The summed E-state index contributed by atoms with van der Waals surface area (Å²) < 4.78 is 5.51. The minimum atomic E-state index is -0.500. The predicted molar refractivity (Wildman–Crippen MR) is 93.9 cm³/mol. The molecule has 0 aromatic heterocycles. The summed E-state index contributed by atoms with van der Waals surface area (Å²) in [6, 6.07) is 5.62. The molecular formula is C20H18O3S. The average molecular weight is 338 g/mol. The third kappa shape index (κ3) is 2.09. The lowest BCUT2D eigenvalue weighted by Crippen LogP contribution is -2.27. The molecular weight excluding hydrogens is 320 g/mol. The Balaban J connectivity index is 1.80. The van der Waals surface area contributed by atoms with E-state index in [1.807, 2.05) is 30.0 Å². The SMILES string of the molecule is CC#Cc1ccc(C2C(=O)[C@H]3C4CCC(S4)[C@H]3C2=C=O)c(OC)c1. The first-order valence-corrected chi connectivity index (χ1v) is 9.18. The molecule has 3 unspecified atom stereocenters. The van der Waals surface area contributed by atoms with E-state index < -0.39 is 5.92 Å². The van der Waals surface area contributed by atoms with Gasteiger partial charge in [-0.05, 0) is 31.9 Å². The molecule has 2 heterocycles. The molecule has 122 valence electrons. The minimum absolute atomic E-state index is 0.0185. The summed E-state index contributed by atoms with van der Waals surface area (Å²) in [5.41, 5.74) is 2.26. The third-order valence-corrected chi connectivity index (χ3v) is 7.25. The van der Waals surface area contributed by atoms with E-state index in [4.69, 9.17) is 4.74 Å². The number of benzene rings is 1. The number of thioether (sulfide) groups is 1. The van der Waals surface area contributed by atoms with Crippen LogP contribution in [-0.4, -0.2) is 29.3 Å². The Morgan fingerprint density at radius 1 is 1.21 bits per heavy atom. The zero-order chi connectivity index (χ0) is 16.8. The van der Waals surface area contributed by atoms with Crippen molar-refractivity contribution < 1.29 is 14.3 Å². The van der Waals surface area contributed by atoms with E-state index in [2.05, 4.69) is 17.8 Å². The van der Waals surface area contributed by atoms with Gasteiger partial charge in [0.25, 0.3) is 0 Å². The van der Waals surface area contributed by atoms with E-state index >= 15 is 0 Å². The van der Waals surface area contributed by atoms with E-state index in [1.165, 1.54) is 0 Å². The Morgan fingerprint density at radius 3 is 2.62 bits per heavy atom. The fourth-order valence-electron chi connectivity index (χ4n) is 4.59. The van der Waals surface area contributed by atoms with Crippen molar-refractivity contribution in [3.8, 4) is 17.6 Å². The quantitative estimate of drug-likeness (QED) is 0.614. The number of allylic oxidation sites excluding steroid dienone is 1. The number of rotatable bonds is 2. The molecule has 3 nitrogen and oxygen atoms in total. The van der Waals surface area contributed by atoms with Gasteiger partial charge < -0.3 is 4.74 Å². The maximum atomic E-state index is 13.1. The number of hydrogen-bond acceptors (Lipinski definition) is 4. The van der Waals surface area contributed by atoms with Gasteiger partial charge in [0.05, 0.1) is 13.0 Å². The van der Waals surface area contributed by atoms with Crippen molar-refractivity contribution in [3.63, 3.8) is 0 Å². The van der Waals surface area contributed by atoms with Gasteiger partial charge in [-0.3, -0.25) is 4.79 Å². The van der Waals surface area contributed by atoms with E-state index in [-0.39, 0.29) is 17.6 Å². The summed E-state index contributed by atoms with van der Waals surface area (Å²) in [6.45, 7) is 1.78. The zero-order valence-corrected chi connectivity index (χ0v) is 14.5. The molecule has 1 aromatic carbocycles. The molecule has 3 fully saturated rings. The Morgan fingerprint density at radius 2 is 1.96 bits per heavy atom. The highest BCUT2D eigenvalue weighted by Crippen LogP contribution is 2.62. The molecule has 1 saturated carbocycles. The number of ether oxygens (including phenoxy) is 1. The van der Waals surface area contributed by atoms with Crippen molar-refractivity contribution in [2.75, 3.05) is 7.11 Å². The second-order valence-corrected chi connectivity index (χ2v) is 8.05. The first kappa shape index (κ1) is 15.6. The normalized spacial score (nSPS) is 33.0. The third-order valence-electron chi connectivity index (χ3n) is 5.49. The molecule has 2 bridgehead atoms. The summed E-state index contributed by atoms with van der Waals surface area (Å²) in [5.74, 6) is 8.35. The Labute approximate surface area is 145 Å². The highest BCUT2D eigenvalue weighted by molar-refractivity contribution is 8.01. The van der Waals surface area contributed by atoms with E-state index in [0.717, 1.165) is 24.0 Å². The number of fused-ring (bicyclic) bond motifs is 5. The van der Waals surface area contributed by atoms with Crippen molar-refractivity contribution in [1.29, 1.82) is 0 Å². The van der Waals surface area contributed by atoms with Crippen LogP contribution in [0, 0.1) is 23.7 Å². The van der Waals surface area contributed by atoms with Gasteiger partial charge >= 0.3 is 0 Å². The smallest absolute Gasteiger partial charge is 0.150 e. The standard InChI is InChI=1S/C20H18O3S/c1-3-4-11-5-6-12(14(9-11)23-2)17-13(10-21)18-15-7-8-16(24-15)19(18)20(17)22/h5-6,9,15-19H,7-8H2,1-2H3/t15?,16?,17?,18-,19+/m1/s1. The number of ketones is 1. The summed E-state index contributed by atoms with van der Waals surface area (Å²) >= 11 is 1.89. The topological polar surface area (TPSA) is 43.4 Å². The van der Waals surface area contributed by atoms with Gasteiger partial charge in [-0.1, -0.05) is 12.0 Å². The Hall–Kier alpha value is -1.95. The molecule has 4 heteroatoms. The van der Waals surface area contributed by atoms with Gasteiger partial charge in [0.2, 0.25) is 0 Å². The Kier molecular flexibility index (Phi) is 3.79. The summed E-state index contributed by atoms with van der Waals surface area (Å²) in [5, 5.41) is 0.777. The second-order valence-electron chi connectivity index (χ2n) is 6.57. The molecule has 4 rings (SSSR count). The largest absolute Gasteiger partial charge is 0.496 e.